The van der Waals surface area contributed by atoms with E-state index in [0.717, 1.165) is 4.40 Å². The molecule has 0 spiro atoms. The van der Waals surface area contributed by atoms with Gasteiger partial charge < -0.3 is 0 Å². The molecule has 7 heteroatoms. The molecule has 0 atom stereocenters. The summed E-state index contributed by atoms with van der Waals surface area (Å²) in [5.74, 6) is -2.22. The van der Waals surface area contributed by atoms with Crippen LogP contribution in [0.25, 0.3) is 5.65 Å². The van der Waals surface area contributed by atoms with Gasteiger partial charge in [0.1, 0.15) is 17.5 Å². The van der Waals surface area contributed by atoms with Crippen molar-refractivity contribution in [2.24, 2.45) is 0 Å². The highest BCUT2D eigenvalue weighted by atomic mass is 19.1. The van der Waals surface area contributed by atoms with Crippen LogP contribution in [-0.4, -0.2) is 15.2 Å². The number of aryl methyl sites for hydroxylation is 1. The zero-order valence-electron chi connectivity index (χ0n) is 14.7. The lowest BCUT2D eigenvalue weighted by Gasteiger charge is -2.12. The molecule has 136 valence electrons. The topological polar surface area (TPSA) is 75.2 Å². The highest BCUT2D eigenvalue weighted by molar-refractivity contribution is 5.96. The Morgan fingerprint density at radius 2 is 1.96 bits per heavy atom. The molecule has 0 saturated heterocycles. The summed E-state index contributed by atoms with van der Waals surface area (Å²) in [7, 11) is 0. The predicted octanol–water partition coefficient (Wildman–Crippen LogP) is 3.34. The van der Waals surface area contributed by atoms with E-state index < -0.39 is 17.2 Å². The average molecular weight is 367 g/mol. The molecule has 0 saturated carbocycles. The van der Waals surface area contributed by atoms with Crippen molar-refractivity contribution in [1.82, 2.24) is 9.38 Å². The number of carbonyl (C=O) groups is 1. The molecule has 5 nitrogen and oxygen atoms in total. The van der Waals surface area contributed by atoms with Gasteiger partial charge in [-0.25, -0.2) is 9.37 Å². The fraction of sp³-hybridized carbons (Fsp3) is 0.200. The highest BCUT2D eigenvalue weighted by Gasteiger charge is 2.20. The van der Waals surface area contributed by atoms with Gasteiger partial charge in [-0.15, -0.1) is 0 Å². The van der Waals surface area contributed by atoms with Gasteiger partial charge in [0.25, 0.3) is 5.56 Å². The normalized spacial score (nSPS) is 10.8. The largest absolute Gasteiger partial charge is 0.294 e. The van der Waals surface area contributed by atoms with Crippen LogP contribution in [0.5, 0.6) is 0 Å². The standard InChI is InChI=1S/C20H15F2N3O2/c1-3-15(26)19-11(2)7-8-16-24-14(18(22)20(27)25(16)19)9-12-5-4-6-13(10-23)17(12)21/h4-8H,3,9H2,1-2H3. The molecule has 3 rings (SSSR count). The van der Waals surface area contributed by atoms with Crippen molar-refractivity contribution in [3.05, 3.63) is 80.4 Å². The van der Waals surface area contributed by atoms with Crippen LogP contribution in [0.4, 0.5) is 8.78 Å². The Morgan fingerprint density at radius 3 is 2.63 bits per heavy atom. The third-order valence-corrected chi connectivity index (χ3v) is 4.34. The number of carbonyl (C=O) groups excluding carboxylic acids is 1. The van der Waals surface area contributed by atoms with Crippen LogP contribution in [0.15, 0.2) is 35.1 Å². The number of aromatic nitrogens is 2. The van der Waals surface area contributed by atoms with Crippen LogP contribution in [-0.2, 0) is 6.42 Å². The Morgan fingerprint density at radius 1 is 1.22 bits per heavy atom. The molecule has 2 aromatic heterocycles. The molecule has 0 aliphatic rings. The van der Waals surface area contributed by atoms with Crippen LogP contribution in [0.3, 0.4) is 0 Å². The minimum absolute atomic E-state index is 0.0566. The molecule has 0 aliphatic heterocycles. The third kappa shape index (κ3) is 3.10. The third-order valence-electron chi connectivity index (χ3n) is 4.34. The predicted molar refractivity (Wildman–Crippen MR) is 94.7 cm³/mol. The molecular formula is C20H15F2N3O2. The smallest absolute Gasteiger partial charge is 0.293 e. The van der Waals surface area contributed by atoms with Crippen molar-refractivity contribution >= 4 is 11.4 Å². The maximum Gasteiger partial charge on any atom is 0.294 e. The summed E-state index contributed by atoms with van der Waals surface area (Å²) in [6.45, 7) is 3.30. The van der Waals surface area contributed by atoms with E-state index in [1.54, 1.807) is 26.0 Å². The van der Waals surface area contributed by atoms with Crippen molar-refractivity contribution < 1.29 is 13.6 Å². The summed E-state index contributed by atoms with van der Waals surface area (Å²) in [5, 5.41) is 8.92. The zero-order chi connectivity index (χ0) is 19.7. The van der Waals surface area contributed by atoms with Gasteiger partial charge in [0, 0.05) is 12.8 Å². The molecule has 27 heavy (non-hydrogen) atoms. The van der Waals surface area contributed by atoms with Gasteiger partial charge in [-0.2, -0.15) is 9.65 Å². The SMILES string of the molecule is CCC(=O)c1c(C)ccc2nc(Cc3cccc(C#N)c3F)c(F)c(=O)n12. The van der Waals surface area contributed by atoms with Crippen LogP contribution < -0.4 is 5.56 Å². The molecule has 0 bridgehead atoms. The minimum atomic E-state index is -1.15. The Hall–Kier alpha value is -3.40. The van der Waals surface area contributed by atoms with Gasteiger partial charge in [-0.05, 0) is 30.2 Å². The van der Waals surface area contributed by atoms with Crippen molar-refractivity contribution in [3.63, 3.8) is 0 Å². The van der Waals surface area contributed by atoms with E-state index in [1.165, 1.54) is 24.3 Å². The highest BCUT2D eigenvalue weighted by Crippen LogP contribution is 2.18. The summed E-state index contributed by atoms with van der Waals surface area (Å²) in [5.41, 5.74) is -0.623. The first-order valence-corrected chi connectivity index (χ1v) is 8.30. The number of ketones is 1. The van der Waals surface area contributed by atoms with Crippen LogP contribution in [0.2, 0.25) is 0 Å². The number of hydrogen-bond donors (Lipinski definition) is 0. The van der Waals surface area contributed by atoms with Gasteiger partial charge in [-0.1, -0.05) is 25.1 Å². The summed E-state index contributed by atoms with van der Waals surface area (Å²) in [4.78, 5) is 28.9. The van der Waals surface area contributed by atoms with Gasteiger partial charge in [0.15, 0.2) is 5.78 Å². The second kappa shape index (κ2) is 7.08. The van der Waals surface area contributed by atoms with E-state index in [0.29, 0.717) is 5.56 Å². The number of Topliss-reactive ketones (excluding diaryl/α,β-unsaturated/α-hetero) is 1. The first-order valence-electron chi connectivity index (χ1n) is 8.30. The van der Waals surface area contributed by atoms with Crippen molar-refractivity contribution in [3.8, 4) is 6.07 Å². The lowest BCUT2D eigenvalue weighted by Crippen LogP contribution is -2.26. The Balaban J connectivity index is 2.22. The lowest BCUT2D eigenvalue weighted by atomic mass is 10.0. The molecule has 0 amide bonds. The number of nitrogens with zero attached hydrogens (tertiary/aromatic N) is 3. The summed E-state index contributed by atoms with van der Waals surface area (Å²) >= 11 is 0. The van der Waals surface area contributed by atoms with Gasteiger partial charge >= 0.3 is 0 Å². The second-order valence-electron chi connectivity index (χ2n) is 6.08. The quantitative estimate of drug-likeness (QED) is 0.663. The number of benzene rings is 1. The molecule has 0 fully saturated rings. The number of pyridine rings is 1. The molecule has 0 unspecified atom stereocenters. The molecule has 0 radical (unpaired) electrons. The summed E-state index contributed by atoms with van der Waals surface area (Å²) < 4.78 is 29.9. The van der Waals surface area contributed by atoms with E-state index in [4.69, 9.17) is 5.26 Å². The first kappa shape index (κ1) is 18.4. The maximum atomic E-state index is 14.7. The van der Waals surface area contributed by atoms with Crippen LogP contribution in [0.1, 0.15) is 46.2 Å². The molecule has 2 heterocycles. The minimum Gasteiger partial charge on any atom is -0.293 e. The fourth-order valence-electron chi connectivity index (χ4n) is 2.96. The maximum absolute atomic E-state index is 14.7. The van der Waals surface area contributed by atoms with Gasteiger partial charge in [0.05, 0.1) is 17.0 Å². The summed E-state index contributed by atoms with van der Waals surface area (Å²) in [6.07, 6.45) is -0.133. The van der Waals surface area contributed by atoms with Crippen molar-refractivity contribution in [2.45, 2.75) is 26.7 Å². The molecule has 3 aromatic rings. The molecule has 0 N–H and O–H groups in total. The van der Waals surface area contributed by atoms with E-state index in [1.807, 2.05) is 0 Å². The van der Waals surface area contributed by atoms with E-state index in [9.17, 15) is 18.4 Å². The zero-order valence-corrected chi connectivity index (χ0v) is 14.7. The Labute approximate surface area is 153 Å². The molecular weight excluding hydrogens is 352 g/mol. The number of halogens is 2. The number of hydrogen-bond acceptors (Lipinski definition) is 4. The molecule has 1 aromatic carbocycles. The Kier molecular flexibility index (Phi) is 4.82. The van der Waals surface area contributed by atoms with E-state index >= 15 is 0 Å². The monoisotopic (exact) mass is 367 g/mol. The van der Waals surface area contributed by atoms with E-state index in [-0.39, 0.29) is 46.8 Å². The van der Waals surface area contributed by atoms with Crippen LogP contribution in [0, 0.1) is 29.9 Å². The van der Waals surface area contributed by atoms with Gasteiger partial charge in [-0.3, -0.25) is 14.0 Å². The number of rotatable bonds is 4. The fourth-order valence-corrected chi connectivity index (χ4v) is 2.96. The number of nitriles is 1. The van der Waals surface area contributed by atoms with Crippen LogP contribution >= 0.6 is 0 Å². The first-order chi connectivity index (χ1) is 12.9. The second-order valence-corrected chi connectivity index (χ2v) is 6.08. The lowest BCUT2D eigenvalue weighted by molar-refractivity contribution is 0.0981. The Bertz CT molecular complexity index is 1180. The average Bonchev–Trinajstić information content (AvgIpc) is 2.67. The number of fused-ring (bicyclic) bond motifs is 1. The molecule has 0 aliphatic carbocycles. The van der Waals surface area contributed by atoms with Crippen molar-refractivity contribution in [1.29, 1.82) is 5.26 Å². The van der Waals surface area contributed by atoms with Crippen molar-refractivity contribution in [2.75, 3.05) is 0 Å². The van der Waals surface area contributed by atoms with E-state index in [2.05, 4.69) is 4.98 Å². The van der Waals surface area contributed by atoms with Gasteiger partial charge in [0.2, 0.25) is 5.82 Å². The summed E-state index contributed by atoms with van der Waals surface area (Å²) in [6, 6.07) is 9.04.